The number of ether oxygens (including phenoxy) is 1. The summed E-state index contributed by atoms with van der Waals surface area (Å²) >= 11 is 0. The molecule has 0 aromatic heterocycles. The maximum absolute atomic E-state index is 11.8. The summed E-state index contributed by atoms with van der Waals surface area (Å²) in [5.74, 6) is -0.367. The summed E-state index contributed by atoms with van der Waals surface area (Å²) in [6.07, 6.45) is -0.103. The van der Waals surface area contributed by atoms with E-state index in [0.29, 0.717) is 13.2 Å². The predicted molar refractivity (Wildman–Crippen MR) is 72.9 cm³/mol. The number of amides is 1. The van der Waals surface area contributed by atoms with Crippen LogP contribution in [0.2, 0.25) is 0 Å². The van der Waals surface area contributed by atoms with Gasteiger partial charge in [0.25, 0.3) is 15.0 Å². The lowest BCUT2D eigenvalue weighted by molar-refractivity contribution is 0.0695. The van der Waals surface area contributed by atoms with Crippen LogP contribution < -0.4 is 5.32 Å². The Morgan fingerprint density at radius 2 is 2.16 bits per heavy atom. The molecule has 1 rings (SSSR count). The van der Waals surface area contributed by atoms with Crippen molar-refractivity contribution in [1.82, 2.24) is 5.32 Å². The highest BCUT2D eigenvalue weighted by molar-refractivity contribution is 8.13. The number of nitrogens with one attached hydrogen (secondary N) is 1. The Bertz CT molecular complexity index is 544. The fourth-order valence-corrected chi connectivity index (χ4v) is 2.27. The van der Waals surface area contributed by atoms with Gasteiger partial charge in [-0.05, 0) is 32.0 Å². The summed E-state index contributed by atoms with van der Waals surface area (Å²) < 4.78 is 27.6. The van der Waals surface area contributed by atoms with E-state index in [-0.39, 0.29) is 22.5 Å². The average molecular weight is 306 g/mol. The van der Waals surface area contributed by atoms with Crippen molar-refractivity contribution in [2.75, 3.05) is 13.2 Å². The third-order valence-electron chi connectivity index (χ3n) is 2.38. The Labute approximate surface area is 117 Å². The van der Waals surface area contributed by atoms with Crippen LogP contribution in [0.5, 0.6) is 0 Å². The second-order valence-electron chi connectivity index (χ2n) is 3.94. The van der Waals surface area contributed by atoms with Gasteiger partial charge in [-0.3, -0.25) is 4.79 Å². The molecule has 1 unspecified atom stereocenters. The molecule has 0 aliphatic rings. The van der Waals surface area contributed by atoms with E-state index in [4.69, 9.17) is 15.4 Å². The third-order valence-corrected chi connectivity index (χ3v) is 3.73. The van der Waals surface area contributed by atoms with Gasteiger partial charge < -0.3 is 10.1 Å². The largest absolute Gasteiger partial charge is 0.377 e. The van der Waals surface area contributed by atoms with E-state index < -0.39 is 9.05 Å². The van der Waals surface area contributed by atoms with Gasteiger partial charge >= 0.3 is 0 Å². The molecule has 1 atom stereocenters. The highest BCUT2D eigenvalue weighted by Crippen LogP contribution is 2.16. The minimum Gasteiger partial charge on any atom is -0.377 e. The van der Waals surface area contributed by atoms with Crippen molar-refractivity contribution in [1.29, 1.82) is 0 Å². The molecule has 0 saturated heterocycles. The lowest BCUT2D eigenvalue weighted by atomic mass is 10.2. The van der Waals surface area contributed by atoms with Crippen LogP contribution in [-0.4, -0.2) is 33.6 Å². The number of benzene rings is 1. The van der Waals surface area contributed by atoms with Crippen LogP contribution in [-0.2, 0) is 13.8 Å². The van der Waals surface area contributed by atoms with Crippen molar-refractivity contribution in [3.8, 4) is 0 Å². The van der Waals surface area contributed by atoms with Crippen LogP contribution in [0.1, 0.15) is 24.2 Å². The summed E-state index contributed by atoms with van der Waals surface area (Å²) in [6, 6.07) is 5.56. The second kappa shape index (κ2) is 6.88. The Kier molecular flexibility index (Phi) is 5.78. The van der Waals surface area contributed by atoms with Crippen molar-refractivity contribution in [2.45, 2.75) is 24.8 Å². The Morgan fingerprint density at radius 3 is 2.74 bits per heavy atom. The smallest absolute Gasteiger partial charge is 0.261 e. The molecule has 0 bridgehead atoms. The fourth-order valence-electron chi connectivity index (χ4n) is 1.47. The number of hydrogen-bond donors (Lipinski definition) is 1. The molecule has 0 spiro atoms. The maximum Gasteiger partial charge on any atom is 0.261 e. The van der Waals surface area contributed by atoms with Gasteiger partial charge in [0.1, 0.15) is 0 Å². The zero-order valence-electron chi connectivity index (χ0n) is 10.7. The van der Waals surface area contributed by atoms with Crippen LogP contribution >= 0.6 is 10.7 Å². The van der Waals surface area contributed by atoms with Crippen LogP contribution in [0.3, 0.4) is 0 Å². The molecule has 5 nitrogen and oxygen atoms in total. The van der Waals surface area contributed by atoms with Crippen molar-refractivity contribution in [3.63, 3.8) is 0 Å². The molecular weight excluding hydrogens is 290 g/mol. The summed E-state index contributed by atoms with van der Waals surface area (Å²) in [5, 5.41) is 2.66. The molecule has 7 heteroatoms. The van der Waals surface area contributed by atoms with Crippen molar-refractivity contribution < 1.29 is 17.9 Å². The number of hydrogen-bond acceptors (Lipinski definition) is 4. The molecule has 0 heterocycles. The van der Waals surface area contributed by atoms with Gasteiger partial charge in [-0.15, -0.1) is 0 Å². The van der Waals surface area contributed by atoms with Gasteiger partial charge in [0.05, 0.1) is 11.0 Å². The summed E-state index contributed by atoms with van der Waals surface area (Å²) in [4.78, 5) is 11.7. The summed E-state index contributed by atoms with van der Waals surface area (Å²) in [6.45, 7) is 4.62. The molecule has 0 radical (unpaired) electrons. The third kappa shape index (κ3) is 5.18. The standard InChI is InChI=1S/C12H16ClNO4S/c1-3-18-9(2)8-14-12(15)10-5-4-6-11(7-10)19(13,16)17/h4-7,9H,3,8H2,1-2H3,(H,14,15). The van der Waals surface area contributed by atoms with Gasteiger partial charge in [-0.25, -0.2) is 8.42 Å². The Hall–Kier alpha value is -1.11. The molecule has 1 aromatic rings. The first-order valence-corrected chi connectivity index (χ1v) is 8.10. The second-order valence-corrected chi connectivity index (χ2v) is 6.51. The summed E-state index contributed by atoms with van der Waals surface area (Å²) in [5.41, 5.74) is 0.241. The lowest BCUT2D eigenvalue weighted by Crippen LogP contribution is -2.32. The monoisotopic (exact) mass is 305 g/mol. The van der Waals surface area contributed by atoms with Gasteiger partial charge in [0.2, 0.25) is 0 Å². The fraction of sp³-hybridized carbons (Fsp3) is 0.417. The maximum atomic E-state index is 11.8. The van der Waals surface area contributed by atoms with E-state index in [1.807, 2.05) is 13.8 Å². The van der Waals surface area contributed by atoms with E-state index in [2.05, 4.69) is 5.32 Å². The van der Waals surface area contributed by atoms with Crippen LogP contribution in [0.4, 0.5) is 0 Å². The first-order valence-electron chi connectivity index (χ1n) is 5.79. The first-order chi connectivity index (χ1) is 8.84. The Balaban J connectivity index is 2.73. The molecular formula is C12H16ClNO4S. The highest BCUT2D eigenvalue weighted by Gasteiger charge is 2.13. The zero-order valence-corrected chi connectivity index (χ0v) is 12.3. The quantitative estimate of drug-likeness (QED) is 0.813. The molecule has 106 valence electrons. The zero-order chi connectivity index (χ0) is 14.5. The molecule has 0 saturated carbocycles. The molecule has 19 heavy (non-hydrogen) atoms. The molecule has 1 amide bonds. The van der Waals surface area contributed by atoms with Crippen LogP contribution in [0.25, 0.3) is 0 Å². The van der Waals surface area contributed by atoms with Gasteiger partial charge in [-0.1, -0.05) is 6.07 Å². The minimum absolute atomic E-state index is 0.0975. The molecule has 1 aromatic carbocycles. The van der Waals surface area contributed by atoms with Crippen molar-refractivity contribution >= 4 is 25.6 Å². The van der Waals surface area contributed by atoms with E-state index in [1.165, 1.54) is 24.3 Å². The van der Waals surface area contributed by atoms with E-state index >= 15 is 0 Å². The summed E-state index contributed by atoms with van der Waals surface area (Å²) in [7, 11) is 1.39. The van der Waals surface area contributed by atoms with Crippen LogP contribution in [0, 0.1) is 0 Å². The van der Waals surface area contributed by atoms with Gasteiger partial charge in [0, 0.05) is 29.4 Å². The number of halogens is 1. The van der Waals surface area contributed by atoms with Gasteiger partial charge in [-0.2, -0.15) is 0 Å². The molecule has 0 fully saturated rings. The van der Waals surface area contributed by atoms with Crippen molar-refractivity contribution in [3.05, 3.63) is 29.8 Å². The SMILES string of the molecule is CCOC(C)CNC(=O)c1cccc(S(=O)(=O)Cl)c1. The predicted octanol–water partition coefficient (Wildman–Crippen LogP) is 1.77. The normalized spacial score (nSPS) is 13.0. The number of rotatable bonds is 6. The van der Waals surface area contributed by atoms with E-state index in [1.54, 1.807) is 0 Å². The Morgan fingerprint density at radius 1 is 1.47 bits per heavy atom. The van der Waals surface area contributed by atoms with Crippen LogP contribution in [0.15, 0.2) is 29.2 Å². The average Bonchev–Trinajstić information content (AvgIpc) is 2.35. The molecule has 1 N–H and O–H groups in total. The topological polar surface area (TPSA) is 72.5 Å². The molecule has 0 aliphatic carbocycles. The number of carbonyl (C=O) groups is 1. The van der Waals surface area contributed by atoms with E-state index in [0.717, 1.165) is 0 Å². The minimum atomic E-state index is -3.83. The van der Waals surface area contributed by atoms with Gasteiger partial charge in [0.15, 0.2) is 0 Å². The lowest BCUT2D eigenvalue weighted by Gasteiger charge is -2.12. The first kappa shape index (κ1) is 15.9. The number of carbonyl (C=O) groups excluding carboxylic acids is 1. The van der Waals surface area contributed by atoms with E-state index in [9.17, 15) is 13.2 Å². The van der Waals surface area contributed by atoms with Crippen molar-refractivity contribution in [2.24, 2.45) is 0 Å². The molecule has 0 aliphatic heterocycles. The highest BCUT2D eigenvalue weighted by atomic mass is 35.7.